The molecule has 1 aromatic carbocycles. The molecule has 6 nitrogen and oxygen atoms in total. The molecule has 2 N–H and O–H groups in total. The van der Waals surface area contributed by atoms with Crippen molar-refractivity contribution in [3.8, 4) is 0 Å². The fourth-order valence-corrected chi connectivity index (χ4v) is 2.42. The maximum atomic E-state index is 4.29. The van der Waals surface area contributed by atoms with Gasteiger partial charge in [0, 0.05) is 14.1 Å². The van der Waals surface area contributed by atoms with Gasteiger partial charge < -0.3 is 15.2 Å². The van der Waals surface area contributed by atoms with E-state index in [0.29, 0.717) is 12.5 Å². The lowest BCUT2D eigenvalue weighted by atomic mass is 10.00. The van der Waals surface area contributed by atoms with Gasteiger partial charge >= 0.3 is 0 Å². The summed E-state index contributed by atoms with van der Waals surface area (Å²) in [6, 6.07) is 8.89. The smallest absolute Gasteiger partial charge is 0.191 e. The van der Waals surface area contributed by atoms with Crippen LogP contribution in [0.3, 0.4) is 0 Å². The maximum absolute atomic E-state index is 4.29. The predicted molar refractivity (Wildman–Crippen MR) is 98.0 cm³/mol. The Morgan fingerprint density at radius 3 is 2.25 bits per heavy atom. The summed E-state index contributed by atoms with van der Waals surface area (Å²) < 4.78 is 1.97. The molecule has 1 heterocycles. The zero-order valence-electron chi connectivity index (χ0n) is 15.5. The van der Waals surface area contributed by atoms with Crippen LogP contribution < -0.4 is 10.6 Å². The van der Waals surface area contributed by atoms with Crippen molar-refractivity contribution in [1.82, 2.24) is 25.4 Å². The summed E-state index contributed by atoms with van der Waals surface area (Å²) in [7, 11) is 3.73. The van der Waals surface area contributed by atoms with E-state index in [1.807, 2.05) is 18.5 Å². The molecular formula is C18H28N6. The minimum Gasteiger partial charge on any atom is -0.350 e. The fourth-order valence-electron chi connectivity index (χ4n) is 2.42. The van der Waals surface area contributed by atoms with Crippen molar-refractivity contribution in [2.24, 2.45) is 12.0 Å². The molecule has 130 valence electrons. The van der Waals surface area contributed by atoms with Crippen molar-refractivity contribution in [3.63, 3.8) is 0 Å². The Balaban J connectivity index is 1.95. The van der Waals surface area contributed by atoms with E-state index >= 15 is 0 Å². The summed E-state index contributed by atoms with van der Waals surface area (Å²) in [6.45, 7) is 9.06. The van der Waals surface area contributed by atoms with Gasteiger partial charge in [-0.25, -0.2) is 0 Å². The lowest BCUT2D eigenvalue weighted by molar-refractivity contribution is 0.667. The second kappa shape index (κ2) is 7.95. The largest absolute Gasteiger partial charge is 0.350 e. The summed E-state index contributed by atoms with van der Waals surface area (Å²) in [4.78, 5) is 4.29. The average Bonchev–Trinajstić information content (AvgIpc) is 2.90. The highest BCUT2D eigenvalue weighted by Crippen LogP contribution is 2.18. The monoisotopic (exact) mass is 328 g/mol. The Labute approximate surface area is 144 Å². The third-order valence-corrected chi connectivity index (χ3v) is 4.28. The molecule has 0 saturated carbocycles. The van der Waals surface area contributed by atoms with Crippen LogP contribution in [-0.4, -0.2) is 27.8 Å². The number of aromatic nitrogens is 3. The highest BCUT2D eigenvalue weighted by molar-refractivity contribution is 5.80. The number of hydrogen-bond donors (Lipinski definition) is 2. The van der Waals surface area contributed by atoms with Crippen molar-refractivity contribution < 1.29 is 0 Å². The Bertz CT molecular complexity index is 684. The number of nitrogens with zero attached hydrogens (tertiary/aromatic N) is 4. The lowest BCUT2D eigenvalue weighted by Gasteiger charge is -2.19. The van der Waals surface area contributed by atoms with Crippen LogP contribution in [0.25, 0.3) is 0 Å². The van der Waals surface area contributed by atoms with Crippen LogP contribution in [0.2, 0.25) is 0 Å². The standard InChI is InChI=1S/C18H28N6/c1-12(2)15-7-9-16(10-8-15)13(3)21-18(19-5)20-11-17-23-22-14(4)24(17)6/h7-10,12-13H,11H2,1-6H3,(H2,19,20,21). The van der Waals surface area contributed by atoms with Gasteiger partial charge in [-0.05, 0) is 30.9 Å². The first-order chi connectivity index (χ1) is 11.4. The van der Waals surface area contributed by atoms with Crippen LogP contribution in [0.5, 0.6) is 0 Å². The molecule has 0 amide bonds. The van der Waals surface area contributed by atoms with E-state index in [2.05, 4.69) is 70.9 Å². The molecule has 0 saturated heterocycles. The molecule has 0 aliphatic carbocycles. The number of nitrogens with one attached hydrogen (secondary N) is 2. The van der Waals surface area contributed by atoms with Crippen LogP contribution in [0.1, 0.15) is 55.5 Å². The second-order valence-electron chi connectivity index (χ2n) is 6.34. The SMILES string of the molecule is CN=C(NCc1nnc(C)n1C)NC(C)c1ccc(C(C)C)cc1. The molecule has 2 aromatic rings. The van der Waals surface area contributed by atoms with Crippen molar-refractivity contribution >= 4 is 5.96 Å². The molecule has 1 unspecified atom stereocenters. The van der Waals surface area contributed by atoms with Gasteiger partial charge in [-0.3, -0.25) is 4.99 Å². The Kier molecular flexibility index (Phi) is 5.95. The summed E-state index contributed by atoms with van der Waals surface area (Å²) in [5.41, 5.74) is 2.59. The summed E-state index contributed by atoms with van der Waals surface area (Å²) in [5.74, 6) is 3.07. The molecule has 0 aliphatic rings. The average molecular weight is 328 g/mol. The number of aliphatic imine (C=N–C) groups is 1. The van der Waals surface area contributed by atoms with Gasteiger partial charge in [0.05, 0.1) is 12.6 Å². The molecule has 0 bridgehead atoms. The minimum absolute atomic E-state index is 0.165. The van der Waals surface area contributed by atoms with Gasteiger partial charge in [-0.15, -0.1) is 10.2 Å². The highest BCUT2D eigenvalue weighted by Gasteiger charge is 2.10. The normalized spacial score (nSPS) is 13.2. The molecule has 1 atom stereocenters. The van der Waals surface area contributed by atoms with E-state index in [9.17, 15) is 0 Å². The number of guanidine groups is 1. The van der Waals surface area contributed by atoms with Crippen LogP contribution in [0.15, 0.2) is 29.3 Å². The Morgan fingerprint density at radius 1 is 1.12 bits per heavy atom. The maximum Gasteiger partial charge on any atom is 0.191 e. The predicted octanol–water partition coefficient (Wildman–Crippen LogP) is 2.67. The van der Waals surface area contributed by atoms with Gasteiger partial charge in [0.2, 0.25) is 0 Å². The third-order valence-electron chi connectivity index (χ3n) is 4.28. The van der Waals surface area contributed by atoms with E-state index in [0.717, 1.165) is 17.6 Å². The summed E-state index contributed by atoms with van der Waals surface area (Å²) in [6.07, 6.45) is 0. The van der Waals surface area contributed by atoms with Gasteiger partial charge in [-0.2, -0.15) is 0 Å². The molecule has 0 spiro atoms. The molecular weight excluding hydrogens is 300 g/mol. The first kappa shape index (κ1) is 18.0. The zero-order valence-corrected chi connectivity index (χ0v) is 15.5. The van der Waals surface area contributed by atoms with E-state index < -0.39 is 0 Å². The van der Waals surface area contributed by atoms with Crippen molar-refractivity contribution in [2.45, 2.75) is 46.2 Å². The molecule has 0 aliphatic heterocycles. The Hall–Kier alpha value is -2.37. The van der Waals surface area contributed by atoms with E-state index in [1.54, 1.807) is 7.05 Å². The first-order valence-electron chi connectivity index (χ1n) is 8.34. The van der Waals surface area contributed by atoms with Crippen LogP contribution in [0.4, 0.5) is 0 Å². The van der Waals surface area contributed by atoms with Gasteiger partial charge in [0.15, 0.2) is 11.8 Å². The van der Waals surface area contributed by atoms with Crippen LogP contribution in [0, 0.1) is 6.92 Å². The quantitative estimate of drug-likeness (QED) is 0.654. The second-order valence-corrected chi connectivity index (χ2v) is 6.34. The molecule has 1 aromatic heterocycles. The number of aryl methyl sites for hydroxylation is 1. The van der Waals surface area contributed by atoms with E-state index in [-0.39, 0.29) is 6.04 Å². The minimum atomic E-state index is 0.165. The lowest BCUT2D eigenvalue weighted by Crippen LogP contribution is -2.38. The van der Waals surface area contributed by atoms with E-state index in [4.69, 9.17) is 0 Å². The van der Waals surface area contributed by atoms with Crippen molar-refractivity contribution in [3.05, 3.63) is 47.0 Å². The fraction of sp³-hybridized carbons (Fsp3) is 0.500. The van der Waals surface area contributed by atoms with Crippen LogP contribution in [-0.2, 0) is 13.6 Å². The molecule has 0 fully saturated rings. The molecule has 6 heteroatoms. The molecule has 24 heavy (non-hydrogen) atoms. The third kappa shape index (κ3) is 4.34. The number of hydrogen-bond acceptors (Lipinski definition) is 3. The highest BCUT2D eigenvalue weighted by atomic mass is 15.3. The van der Waals surface area contributed by atoms with Gasteiger partial charge in [-0.1, -0.05) is 38.1 Å². The van der Waals surface area contributed by atoms with E-state index in [1.165, 1.54) is 11.1 Å². The zero-order chi connectivity index (χ0) is 17.7. The van der Waals surface area contributed by atoms with Gasteiger partial charge in [0.25, 0.3) is 0 Å². The molecule has 2 rings (SSSR count). The van der Waals surface area contributed by atoms with Crippen molar-refractivity contribution in [1.29, 1.82) is 0 Å². The summed E-state index contributed by atoms with van der Waals surface area (Å²) >= 11 is 0. The topological polar surface area (TPSA) is 67.1 Å². The summed E-state index contributed by atoms with van der Waals surface area (Å²) in [5, 5.41) is 14.9. The Morgan fingerprint density at radius 2 is 1.75 bits per heavy atom. The number of benzene rings is 1. The van der Waals surface area contributed by atoms with Crippen molar-refractivity contribution in [2.75, 3.05) is 7.05 Å². The number of rotatable bonds is 5. The van der Waals surface area contributed by atoms with Gasteiger partial charge in [0.1, 0.15) is 5.82 Å². The molecule has 0 radical (unpaired) electrons. The van der Waals surface area contributed by atoms with Crippen LogP contribution >= 0.6 is 0 Å². The first-order valence-corrected chi connectivity index (χ1v) is 8.34.